The van der Waals surface area contributed by atoms with Crippen molar-refractivity contribution in [3.63, 3.8) is 0 Å². The van der Waals surface area contributed by atoms with Crippen molar-refractivity contribution in [2.75, 3.05) is 31.6 Å². The number of amides is 1. The number of hydrogen-bond acceptors (Lipinski definition) is 5. The van der Waals surface area contributed by atoms with Crippen LogP contribution in [-0.4, -0.2) is 53.4 Å². The molecule has 3 N–H and O–H groups in total. The minimum absolute atomic E-state index is 0.0196. The summed E-state index contributed by atoms with van der Waals surface area (Å²) in [6, 6.07) is 17.0. The Morgan fingerprint density at radius 2 is 1.85 bits per heavy atom. The number of ether oxygens (including phenoxy) is 1. The maximum absolute atomic E-state index is 11.2. The molecule has 0 aliphatic rings. The third kappa shape index (κ3) is 6.84. The lowest BCUT2D eigenvalue weighted by atomic mass is 10.2. The van der Waals surface area contributed by atoms with E-state index in [4.69, 9.17) is 4.74 Å². The zero-order valence-electron chi connectivity index (χ0n) is 15.0. The molecule has 0 radical (unpaired) electrons. The van der Waals surface area contributed by atoms with Crippen LogP contribution in [0.25, 0.3) is 0 Å². The van der Waals surface area contributed by atoms with Gasteiger partial charge in [0, 0.05) is 26.6 Å². The van der Waals surface area contributed by atoms with E-state index in [0.29, 0.717) is 31.1 Å². The third-order valence-electron chi connectivity index (χ3n) is 3.76. The number of benzene rings is 2. The maximum atomic E-state index is 11.2. The van der Waals surface area contributed by atoms with Gasteiger partial charge in [0.05, 0.1) is 12.3 Å². The first-order valence-corrected chi connectivity index (χ1v) is 8.63. The van der Waals surface area contributed by atoms with Crippen molar-refractivity contribution in [3.8, 4) is 5.75 Å². The monoisotopic (exact) mass is 358 g/mol. The Bertz CT molecular complexity index is 679. The Morgan fingerprint density at radius 3 is 2.54 bits per heavy atom. The van der Waals surface area contributed by atoms with Crippen LogP contribution in [0, 0.1) is 0 Å². The molecular formula is C20H26N2O4. The average Bonchev–Trinajstić information content (AvgIpc) is 2.61. The van der Waals surface area contributed by atoms with Crippen LogP contribution in [-0.2, 0) is 11.3 Å². The number of para-hydroxylation sites is 2. The molecule has 0 aromatic heterocycles. The molecule has 1 unspecified atom stereocenters. The average molecular weight is 358 g/mol. The largest absolute Gasteiger partial charge is 0.489 e. The Labute approximate surface area is 154 Å². The van der Waals surface area contributed by atoms with Gasteiger partial charge in [0.25, 0.3) is 0 Å². The fourth-order valence-corrected chi connectivity index (χ4v) is 2.64. The van der Waals surface area contributed by atoms with E-state index in [1.165, 1.54) is 6.92 Å². The summed E-state index contributed by atoms with van der Waals surface area (Å²) in [7, 11) is 0. The van der Waals surface area contributed by atoms with E-state index >= 15 is 0 Å². The maximum Gasteiger partial charge on any atom is 0.221 e. The standard InChI is InChI=1S/C20H26N2O4/c1-16(24)21-19-9-5-6-10-20(19)26-15-18(25)14-22(11-12-23)13-17-7-3-2-4-8-17/h2-10,18,23,25H,11-15H2,1H3,(H,21,24). The number of hydrogen-bond donors (Lipinski definition) is 3. The van der Waals surface area contributed by atoms with Gasteiger partial charge in [0.2, 0.25) is 5.91 Å². The summed E-state index contributed by atoms with van der Waals surface area (Å²) in [4.78, 5) is 13.2. The second kappa shape index (κ2) is 10.6. The second-order valence-electron chi connectivity index (χ2n) is 6.09. The van der Waals surface area contributed by atoms with Crippen molar-refractivity contribution in [2.45, 2.75) is 19.6 Å². The fraction of sp³-hybridized carbons (Fsp3) is 0.350. The predicted octanol–water partition coefficient (Wildman–Crippen LogP) is 1.88. The summed E-state index contributed by atoms with van der Waals surface area (Å²) in [5.41, 5.74) is 1.69. The number of aliphatic hydroxyl groups is 2. The van der Waals surface area contributed by atoms with E-state index in [9.17, 15) is 15.0 Å². The van der Waals surface area contributed by atoms with Crippen molar-refractivity contribution in [3.05, 3.63) is 60.2 Å². The van der Waals surface area contributed by atoms with E-state index in [0.717, 1.165) is 5.56 Å². The van der Waals surface area contributed by atoms with Crippen LogP contribution >= 0.6 is 0 Å². The Morgan fingerprint density at radius 1 is 1.15 bits per heavy atom. The smallest absolute Gasteiger partial charge is 0.221 e. The summed E-state index contributed by atoms with van der Waals surface area (Å²) in [6.07, 6.45) is -0.726. The van der Waals surface area contributed by atoms with Crippen molar-refractivity contribution in [2.24, 2.45) is 0 Å². The highest BCUT2D eigenvalue weighted by Gasteiger charge is 2.14. The molecule has 1 amide bonds. The van der Waals surface area contributed by atoms with Crippen LogP contribution in [0.15, 0.2) is 54.6 Å². The molecular weight excluding hydrogens is 332 g/mol. The van der Waals surface area contributed by atoms with Gasteiger partial charge in [-0.15, -0.1) is 0 Å². The van der Waals surface area contributed by atoms with E-state index in [-0.39, 0.29) is 19.1 Å². The van der Waals surface area contributed by atoms with Gasteiger partial charge >= 0.3 is 0 Å². The zero-order chi connectivity index (χ0) is 18.8. The van der Waals surface area contributed by atoms with Gasteiger partial charge in [0.15, 0.2) is 0 Å². The molecule has 0 bridgehead atoms. The van der Waals surface area contributed by atoms with Crippen LogP contribution < -0.4 is 10.1 Å². The molecule has 0 saturated heterocycles. The molecule has 0 heterocycles. The molecule has 0 spiro atoms. The van der Waals surface area contributed by atoms with Crippen LogP contribution in [0.2, 0.25) is 0 Å². The van der Waals surface area contributed by atoms with Crippen LogP contribution in [0.1, 0.15) is 12.5 Å². The number of nitrogens with one attached hydrogen (secondary N) is 1. The van der Waals surface area contributed by atoms with Crippen molar-refractivity contribution in [1.82, 2.24) is 4.90 Å². The number of nitrogens with zero attached hydrogens (tertiary/aromatic N) is 1. The minimum atomic E-state index is -0.726. The molecule has 0 fully saturated rings. The molecule has 2 aromatic carbocycles. The first kappa shape index (κ1) is 19.9. The lowest BCUT2D eigenvalue weighted by molar-refractivity contribution is -0.114. The molecule has 0 aliphatic carbocycles. The Balaban J connectivity index is 1.90. The topological polar surface area (TPSA) is 82.0 Å². The number of aliphatic hydroxyl groups excluding tert-OH is 2. The third-order valence-corrected chi connectivity index (χ3v) is 3.76. The number of carbonyl (C=O) groups is 1. The first-order chi connectivity index (χ1) is 12.6. The molecule has 6 heteroatoms. The first-order valence-electron chi connectivity index (χ1n) is 8.63. The van der Waals surface area contributed by atoms with Gasteiger partial charge in [-0.3, -0.25) is 9.69 Å². The highest BCUT2D eigenvalue weighted by atomic mass is 16.5. The molecule has 26 heavy (non-hydrogen) atoms. The molecule has 0 aliphatic heterocycles. The van der Waals surface area contributed by atoms with Crippen LogP contribution in [0.4, 0.5) is 5.69 Å². The normalized spacial score (nSPS) is 12.0. The fourth-order valence-electron chi connectivity index (χ4n) is 2.64. The lowest BCUT2D eigenvalue weighted by Crippen LogP contribution is -2.37. The Hall–Kier alpha value is -2.41. The molecule has 0 saturated carbocycles. The summed E-state index contributed by atoms with van der Waals surface area (Å²) in [5.74, 6) is 0.331. The van der Waals surface area contributed by atoms with Gasteiger partial charge in [-0.05, 0) is 17.7 Å². The van der Waals surface area contributed by atoms with Crippen molar-refractivity contribution >= 4 is 11.6 Å². The molecule has 2 rings (SSSR count). The van der Waals surface area contributed by atoms with E-state index in [2.05, 4.69) is 5.32 Å². The minimum Gasteiger partial charge on any atom is -0.489 e. The van der Waals surface area contributed by atoms with Crippen molar-refractivity contribution in [1.29, 1.82) is 0 Å². The van der Waals surface area contributed by atoms with Crippen LogP contribution in [0.3, 0.4) is 0 Å². The van der Waals surface area contributed by atoms with Crippen molar-refractivity contribution < 1.29 is 19.7 Å². The van der Waals surface area contributed by atoms with Gasteiger partial charge in [0.1, 0.15) is 18.5 Å². The second-order valence-corrected chi connectivity index (χ2v) is 6.09. The molecule has 1 atom stereocenters. The summed E-state index contributed by atoms with van der Waals surface area (Å²) in [5, 5.41) is 22.3. The SMILES string of the molecule is CC(=O)Nc1ccccc1OCC(O)CN(CCO)Cc1ccccc1. The molecule has 140 valence electrons. The van der Waals surface area contributed by atoms with E-state index in [1.54, 1.807) is 24.3 Å². The summed E-state index contributed by atoms with van der Waals surface area (Å²) in [6.45, 7) is 3.02. The van der Waals surface area contributed by atoms with E-state index in [1.807, 2.05) is 35.2 Å². The quantitative estimate of drug-likeness (QED) is 0.604. The predicted molar refractivity (Wildman–Crippen MR) is 101 cm³/mol. The highest BCUT2D eigenvalue weighted by Crippen LogP contribution is 2.23. The molecule has 2 aromatic rings. The van der Waals surface area contributed by atoms with Gasteiger partial charge < -0.3 is 20.3 Å². The Kier molecular flexibility index (Phi) is 8.08. The van der Waals surface area contributed by atoms with Crippen LogP contribution in [0.5, 0.6) is 5.75 Å². The zero-order valence-corrected chi connectivity index (χ0v) is 15.0. The van der Waals surface area contributed by atoms with Gasteiger partial charge in [-0.25, -0.2) is 0 Å². The lowest BCUT2D eigenvalue weighted by Gasteiger charge is -2.24. The number of carbonyl (C=O) groups excluding carboxylic acids is 1. The number of rotatable bonds is 10. The van der Waals surface area contributed by atoms with Gasteiger partial charge in [-0.1, -0.05) is 42.5 Å². The highest BCUT2D eigenvalue weighted by molar-refractivity contribution is 5.90. The van der Waals surface area contributed by atoms with Gasteiger partial charge in [-0.2, -0.15) is 0 Å². The number of anilines is 1. The summed E-state index contributed by atoms with van der Waals surface area (Å²) >= 11 is 0. The molecule has 6 nitrogen and oxygen atoms in total. The summed E-state index contributed by atoms with van der Waals surface area (Å²) < 4.78 is 5.68. The van der Waals surface area contributed by atoms with E-state index < -0.39 is 6.10 Å².